The van der Waals surface area contributed by atoms with Gasteiger partial charge in [0.25, 0.3) is 0 Å². The molecule has 0 amide bonds. The highest BCUT2D eigenvalue weighted by Gasteiger charge is 2.32. The molecular weight excluding hydrogens is 230 g/mol. The van der Waals surface area contributed by atoms with E-state index in [1.807, 2.05) is 18.7 Å². The van der Waals surface area contributed by atoms with Crippen LogP contribution in [0.5, 0.6) is 0 Å². The molecule has 1 rings (SSSR count). The zero-order valence-electron chi connectivity index (χ0n) is 11.2. The molecule has 0 bridgehead atoms. The Morgan fingerprint density at radius 3 is 2.65 bits per heavy atom. The van der Waals surface area contributed by atoms with Crippen molar-refractivity contribution in [3.05, 3.63) is 0 Å². The van der Waals surface area contributed by atoms with Crippen LogP contribution in [0, 0.1) is 23.2 Å². The van der Waals surface area contributed by atoms with Crippen LogP contribution < -0.4 is 0 Å². The molecule has 3 heteroatoms. The van der Waals surface area contributed by atoms with Gasteiger partial charge in [-0.3, -0.25) is 0 Å². The van der Waals surface area contributed by atoms with E-state index in [9.17, 15) is 10.4 Å². The minimum Gasteiger partial charge on any atom is -0.392 e. The van der Waals surface area contributed by atoms with Gasteiger partial charge in [0.1, 0.15) is 0 Å². The maximum atomic E-state index is 9.58. The van der Waals surface area contributed by atoms with E-state index in [0.29, 0.717) is 5.25 Å². The molecule has 2 nitrogen and oxygen atoms in total. The molecule has 5 atom stereocenters. The van der Waals surface area contributed by atoms with Crippen LogP contribution in [0.15, 0.2) is 0 Å². The molecule has 0 saturated heterocycles. The van der Waals surface area contributed by atoms with Gasteiger partial charge in [-0.1, -0.05) is 26.7 Å². The molecule has 0 aliphatic heterocycles. The Morgan fingerprint density at radius 2 is 2.12 bits per heavy atom. The van der Waals surface area contributed by atoms with Crippen LogP contribution in [0.3, 0.4) is 0 Å². The predicted molar refractivity (Wildman–Crippen MR) is 73.9 cm³/mol. The van der Waals surface area contributed by atoms with Crippen molar-refractivity contribution in [1.29, 1.82) is 5.26 Å². The number of thioether (sulfide) groups is 1. The van der Waals surface area contributed by atoms with E-state index in [4.69, 9.17) is 0 Å². The highest BCUT2D eigenvalue weighted by Crippen LogP contribution is 2.40. The fourth-order valence-corrected chi connectivity index (χ4v) is 4.12. The third-order valence-corrected chi connectivity index (χ3v) is 5.53. The normalized spacial score (nSPS) is 32.8. The molecule has 17 heavy (non-hydrogen) atoms. The molecule has 1 aliphatic carbocycles. The van der Waals surface area contributed by atoms with Gasteiger partial charge in [0.05, 0.1) is 18.1 Å². The molecule has 1 aliphatic rings. The minimum atomic E-state index is -0.286. The summed E-state index contributed by atoms with van der Waals surface area (Å²) >= 11 is 1.82. The first-order valence-corrected chi connectivity index (χ1v) is 7.75. The van der Waals surface area contributed by atoms with Crippen LogP contribution >= 0.6 is 11.8 Å². The summed E-state index contributed by atoms with van der Waals surface area (Å²) in [6.45, 7) is 6.13. The summed E-state index contributed by atoms with van der Waals surface area (Å²) in [5.41, 5.74) is 0. The zero-order valence-corrected chi connectivity index (χ0v) is 12.0. The van der Waals surface area contributed by atoms with Crippen LogP contribution in [0.2, 0.25) is 0 Å². The molecule has 0 spiro atoms. The van der Waals surface area contributed by atoms with Crippen molar-refractivity contribution in [2.24, 2.45) is 11.8 Å². The monoisotopic (exact) mass is 255 g/mol. The van der Waals surface area contributed by atoms with Crippen molar-refractivity contribution < 1.29 is 5.11 Å². The van der Waals surface area contributed by atoms with E-state index in [2.05, 4.69) is 19.9 Å². The van der Waals surface area contributed by atoms with Gasteiger partial charge >= 0.3 is 0 Å². The summed E-state index contributed by atoms with van der Waals surface area (Å²) in [6.07, 6.45) is 5.67. The SMILES string of the molecule is CCCC1CCC(C#N)C(SC(C)C(C)O)C1. The van der Waals surface area contributed by atoms with Gasteiger partial charge in [0.15, 0.2) is 0 Å². The Hall–Kier alpha value is -0.200. The molecule has 1 saturated carbocycles. The Labute approximate surface area is 110 Å². The lowest BCUT2D eigenvalue weighted by Crippen LogP contribution is -2.30. The maximum absolute atomic E-state index is 9.58. The Morgan fingerprint density at radius 1 is 1.41 bits per heavy atom. The van der Waals surface area contributed by atoms with Crippen LogP contribution in [-0.4, -0.2) is 21.7 Å². The van der Waals surface area contributed by atoms with E-state index in [-0.39, 0.29) is 17.3 Å². The van der Waals surface area contributed by atoms with Crippen molar-refractivity contribution in [3.8, 4) is 6.07 Å². The largest absolute Gasteiger partial charge is 0.392 e. The third-order valence-electron chi connectivity index (χ3n) is 3.83. The molecule has 0 aromatic carbocycles. The number of rotatable bonds is 5. The summed E-state index contributed by atoms with van der Waals surface area (Å²) in [4.78, 5) is 0. The third kappa shape index (κ3) is 4.52. The molecule has 0 aromatic rings. The average Bonchev–Trinajstić information content (AvgIpc) is 2.29. The van der Waals surface area contributed by atoms with E-state index in [1.165, 1.54) is 19.3 Å². The topological polar surface area (TPSA) is 44.0 Å². The molecule has 98 valence electrons. The van der Waals surface area contributed by atoms with E-state index < -0.39 is 0 Å². The molecular formula is C14H25NOS. The number of aliphatic hydroxyl groups is 1. The van der Waals surface area contributed by atoms with Crippen molar-refractivity contribution in [2.45, 2.75) is 69.5 Å². The smallest absolute Gasteiger partial charge is 0.0667 e. The summed E-state index contributed by atoms with van der Waals surface area (Å²) < 4.78 is 0. The minimum absolute atomic E-state index is 0.189. The van der Waals surface area contributed by atoms with Gasteiger partial charge in [-0.05, 0) is 32.1 Å². The fourth-order valence-electron chi connectivity index (χ4n) is 2.57. The van der Waals surface area contributed by atoms with Crippen molar-refractivity contribution in [2.75, 3.05) is 0 Å². The standard InChI is InChI=1S/C14H25NOS/c1-4-5-12-6-7-13(9-15)14(8-12)17-11(3)10(2)16/h10-14,16H,4-8H2,1-3H3. The van der Waals surface area contributed by atoms with Crippen molar-refractivity contribution in [3.63, 3.8) is 0 Å². The second-order valence-corrected chi connectivity index (χ2v) is 6.94. The highest BCUT2D eigenvalue weighted by atomic mass is 32.2. The van der Waals surface area contributed by atoms with Gasteiger partial charge in [0, 0.05) is 10.5 Å². The molecule has 0 aromatic heterocycles. The van der Waals surface area contributed by atoms with Gasteiger partial charge in [-0.2, -0.15) is 17.0 Å². The van der Waals surface area contributed by atoms with Crippen LogP contribution in [0.25, 0.3) is 0 Å². The lowest BCUT2D eigenvalue weighted by Gasteiger charge is -2.34. The van der Waals surface area contributed by atoms with Gasteiger partial charge < -0.3 is 5.11 Å². The molecule has 5 unspecified atom stereocenters. The maximum Gasteiger partial charge on any atom is 0.0667 e. The summed E-state index contributed by atoms with van der Waals surface area (Å²) in [6, 6.07) is 2.46. The number of nitrogens with zero attached hydrogens (tertiary/aromatic N) is 1. The number of hydrogen-bond donors (Lipinski definition) is 1. The summed E-state index contributed by atoms with van der Waals surface area (Å²) in [7, 11) is 0. The Kier molecular flexibility index (Phi) is 6.37. The lowest BCUT2D eigenvalue weighted by atomic mass is 9.80. The lowest BCUT2D eigenvalue weighted by molar-refractivity contribution is 0.195. The molecule has 0 heterocycles. The second-order valence-electron chi connectivity index (χ2n) is 5.32. The molecule has 1 N–H and O–H groups in total. The number of nitriles is 1. The highest BCUT2D eigenvalue weighted by molar-refractivity contribution is 8.00. The Bertz CT molecular complexity index is 261. The number of hydrogen-bond acceptors (Lipinski definition) is 3. The Balaban J connectivity index is 2.54. The van der Waals surface area contributed by atoms with Gasteiger partial charge in [-0.25, -0.2) is 0 Å². The van der Waals surface area contributed by atoms with Crippen LogP contribution in [0.4, 0.5) is 0 Å². The van der Waals surface area contributed by atoms with E-state index >= 15 is 0 Å². The number of aliphatic hydroxyl groups excluding tert-OH is 1. The second kappa shape index (κ2) is 7.28. The van der Waals surface area contributed by atoms with Crippen molar-refractivity contribution in [1.82, 2.24) is 0 Å². The molecule has 0 radical (unpaired) electrons. The fraction of sp³-hybridized carbons (Fsp3) is 0.929. The summed E-state index contributed by atoms with van der Waals surface area (Å²) in [5, 5.41) is 19.4. The van der Waals surface area contributed by atoms with E-state index in [1.54, 1.807) is 0 Å². The summed E-state index contributed by atoms with van der Waals surface area (Å²) in [5.74, 6) is 0.984. The van der Waals surface area contributed by atoms with Gasteiger partial charge in [-0.15, -0.1) is 0 Å². The van der Waals surface area contributed by atoms with Crippen LogP contribution in [0.1, 0.15) is 52.9 Å². The van der Waals surface area contributed by atoms with E-state index in [0.717, 1.165) is 18.8 Å². The first kappa shape index (κ1) is 14.9. The quantitative estimate of drug-likeness (QED) is 0.816. The molecule has 1 fully saturated rings. The average molecular weight is 255 g/mol. The van der Waals surface area contributed by atoms with Crippen molar-refractivity contribution >= 4 is 11.8 Å². The van der Waals surface area contributed by atoms with Gasteiger partial charge in [0.2, 0.25) is 0 Å². The first-order chi connectivity index (χ1) is 8.08. The first-order valence-electron chi connectivity index (χ1n) is 6.81. The zero-order chi connectivity index (χ0) is 12.8. The van der Waals surface area contributed by atoms with Crippen LogP contribution in [-0.2, 0) is 0 Å². The predicted octanol–water partition coefficient (Wildman–Crippen LogP) is 3.60.